The van der Waals surface area contributed by atoms with Gasteiger partial charge < -0.3 is 10.6 Å². The molecule has 2 N–H and O–H groups in total. The van der Waals surface area contributed by atoms with E-state index < -0.39 is 5.91 Å². The molecule has 2 amide bonds. The average Bonchev–Trinajstić information content (AvgIpc) is 2.74. The Morgan fingerprint density at radius 1 is 1.07 bits per heavy atom. The van der Waals surface area contributed by atoms with Crippen LogP contribution in [0.3, 0.4) is 0 Å². The maximum Gasteiger partial charge on any atom is 0.270 e. The lowest BCUT2D eigenvalue weighted by atomic mass is 9.97. The molecule has 5 nitrogen and oxygen atoms in total. The Morgan fingerprint density at radius 2 is 1.93 bits per heavy atom. The molecule has 0 spiro atoms. The summed E-state index contributed by atoms with van der Waals surface area (Å²) in [5.41, 5.74) is 2.29. The molecule has 1 heterocycles. The summed E-state index contributed by atoms with van der Waals surface area (Å²) < 4.78 is 13.6. The minimum absolute atomic E-state index is 0.0543. The quantitative estimate of drug-likeness (QED) is 0.717. The van der Waals surface area contributed by atoms with Crippen molar-refractivity contribution < 1.29 is 14.0 Å². The highest BCUT2D eigenvalue weighted by Gasteiger charge is 2.13. The molecule has 0 saturated carbocycles. The van der Waals surface area contributed by atoms with E-state index in [4.69, 9.17) is 0 Å². The van der Waals surface area contributed by atoms with Gasteiger partial charge in [-0.3, -0.25) is 14.6 Å². The van der Waals surface area contributed by atoms with Gasteiger partial charge in [-0.15, -0.1) is 0 Å². The molecule has 0 fully saturated rings. The van der Waals surface area contributed by atoms with Crippen LogP contribution in [0.2, 0.25) is 0 Å². The van der Waals surface area contributed by atoms with E-state index in [2.05, 4.69) is 21.7 Å². The van der Waals surface area contributed by atoms with Crippen LogP contribution in [0.1, 0.15) is 58.5 Å². The van der Waals surface area contributed by atoms with Gasteiger partial charge in [-0.2, -0.15) is 0 Å². The van der Waals surface area contributed by atoms with Gasteiger partial charge in [0.2, 0.25) is 0 Å². The van der Waals surface area contributed by atoms with E-state index >= 15 is 0 Å². The van der Waals surface area contributed by atoms with Crippen LogP contribution in [0.15, 0.2) is 54.2 Å². The predicted molar refractivity (Wildman–Crippen MR) is 105 cm³/mol. The third-order valence-electron chi connectivity index (χ3n) is 4.77. The lowest BCUT2D eigenvalue weighted by Gasteiger charge is -2.13. The number of allylic oxidation sites excluding steroid dienone is 1. The molecule has 3 rings (SSSR count). The highest BCUT2D eigenvalue weighted by Crippen LogP contribution is 2.19. The summed E-state index contributed by atoms with van der Waals surface area (Å²) in [5.74, 6) is -1.07. The van der Waals surface area contributed by atoms with Gasteiger partial charge in [-0.05, 0) is 50.3 Å². The molecule has 0 saturated heterocycles. The first kappa shape index (κ1) is 19.7. The first-order valence-corrected chi connectivity index (χ1v) is 9.57. The molecule has 1 aliphatic rings. The number of nitrogens with zero attached hydrogens (tertiary/aromatic N) is 1. The molecule has 0 aliphatic heterocycles. The van der Waals surface area contributed by atoms with Gasteiger partial charge >= 0.3 is 0 Å². The van der Waals surface area contributed by atoms with Gasteiger partial charge in [0.1, 0.15) is 11.5 Å². The topological polar surface area (TPSA) is 71.1 Å². The Kier molecular flexibility index (Phi) is 6.89. The first-order chi connectivity index (χ1) is 13.6. The normalized spacial score (nSPS) is 13.5. The Labute approximate surface area is 164 Å². The maximum absolute atomic E-state index is 13.6. The molecule has 1 aromatic carbocycles. The summed E-state index contributed by atoms with van der Waals surface area (Å²) in [6, 6.07) is 9.27. The summed E-state index contributed by atoms with van der Waals surface area (Å²) in [6.45, 7) is 0.626. The lowest BCUT2D eigenvalue weighted by molar-refractivity contribution is 0.0945. The number of aromatic nitrogens is 1. The van der Waals surface area contributed by atoms with Crippen LogP contribution in [0.25, 0.3) is 0 Å². The van der Waals surface area contributed by atoms with Crippen LogP contribution in [-0.4, -0.2) is 23.3 Å². The number of carbonyl (C=O) groups is 2. The van der Waals surface area contributed by atoms with E-state index in [1.807, 2.05) is 0 Å². The van der Waals surface area contributed by atoms with Crippen molar-refractivity contribution in [3.63, 3.8) is 0 Å². The fraction of sp³-hybridized carbons (Fsp3) is 0.318. The second-order valence-corrected chi connectivity index (χ2v) is 6.82. The second kappa shape index (κ2) is 9.78. The third kappa shape index (κ3) is 5.49. The van der Waals surface area contributed by atoms with Crippen LogP contribution in [0.4, 0.5) is 4.39 Å². The maximum atomic E-state index is 13.6. The van der Waals surface area contributed by atoms with Crippen molar-refractivity contribution in [2.24, 2.45) is 0 Å². The first-order valence-electron chi connectivity index (χ1n) is 9.57. The minimum atomic E-state index is -0.453. The molecule has 6 heteroatoms. The van der Waals surface area contributed by atoms with Crippen LogP contribution in [0.5, 0.6) is 0 Å². The minimum Gasteiger partial charge on any atom is -0.352 e. The third-order valence-corrected chi connectivity index (χ3v) is 4.77. The van der Waals surface area contributed by atoms with Gasteiger partial charge in [0.25, 0.3) is 11.8 Å². The van der Waals surface area contributed by atoms with Gasteiger partial charge in [0.15, 0.2) is 0 Å². The number of pyridine rings is 1. The number of benzene rings is 1. The summed E-state index contributed by atoms with van der Waals surface area (Å²) in [7, 11) is 0. The monoisotopic (exact) mass is 381 g/mol. The zero-order chi connectivity index (χ0) is 19.8. The smallest absolute Gasteiger partial charge is 0.270 e. The van der Waals surface area contributed by atoms with Crippen LogP contribution in [-0.2, 0) is 6.54 Å². The number of nitrogens with one attached hydrogen (secondary N) is 2. The number of carbonyl (C=O) groups excluding carboxylic acids is 2. The number of hydrogen-bond donors (Lipinski definition) is 2. The molecular weight excluding hydrogens is 357 g/mol. The zero-order valence-electron chi connectivity index (χ0n) is 15.7. The number of amides is 2. The highest BCUT2D eigenvalue weighted by molar-refractivity contribution is 5.98. The SMILES string of the molecule is O=C(NCCC1=CCCCC1)c1ccnc(C(=O)NCc2ccccc2F)c1. The molecule has 1 aliphatic carbocycles. The highest BCUT2D eigenvalue weighted by atomic mass is 19.1. The van der Waals surface area contributed by atoms with E-state index in [9.17, 15) is 14.0 Å². The van der Waals surface area contributed by atoms with Gasteiger partial charge in [0, 0.05) is 30.4 Å². The lowest BCUT2D eigenvalue weighted by Crippen LogP contribution is -2.27. The number of rotatable bonds is 7. The Morgan fingerprint density at radius 3 is 2.71 bits per heavy atom. The Hall–Kier alpha value is -3.02. The Balaban J connectivity index is 1.53. The molecule has 28 heavy (non-hydrogen) atoms. The standard InChI is InChI=1S/C22H24FN3O2/c23-19-9-5-4-8-18(19)15-26-22(28)20-14-17(11-13-24-20)21(27)25-12-10-16-6-2-1-3-7-16/h4-6,8-9,11,13-14H,1-3,7,10,12,15H2,(H,25,27)(H,26,28). The van der Waals surface area contributed by atoms with E-state index in [1.54, 1.807) is 24.3 Å². The predicted octanol–water partition coefficient (Wildman–Crippen LogP) is 3.77. The fourth-order valence-electron chi connectivity index (χ4n) is 3.17. The van der Waals surface area contributed by atoms with Crippen LogP contribution in [0, 0.1) is 5.82 Å². The van der Waals surface area contributed by atoms with E-state index in [-0.39, 0.29) is 24.0 Å². The van der Waals surface area contributed by atoms with Crippen molar-refractivity contribution >= 4 is 11.8 Å². The van der Waals surface area contributed by atoms with Crippen molar-refractivity contribution in [3.8, 4) is 0 Å². The number of halogens is 1. The van der Waals surface area contributed by atoms with Crippen LogP contribution < -0.4 is 10.6 Å². The summed E-state index contributed by atoms with van der Waals surface area (Å²) in [5, 5.41) is 5.52. The van der Waals surface area contributed by atoms with E-state index in [1.165, 1.54) is 36.7 Å². The summed E-state index contributed by atoms with van der Waals surface area (Å²) in [4.78, 5) is 28.7. The summed E-state index contributed by atoms with van der Waals surface area (Å²) >= 11 is 0. The second-order valence-electron chi connectivity index (χ2n) is 6.82. The van der Waals surface area contributed by atoms with E-state index in [0.717, 1.165) is 19.3 Å². The molecule has 146 valence electrons. The molecule has 0 unspecified atom stereocenters. The largest absolute Gasteiger partial charge is 0.352 e. The molecule has 2 aromatic rings. The van der Waals surface area contributed by atoms with Crippen molar-refractivity contribution in [2.75, 3.05) is 6.54 Å². The molecule has 0 bridgehead atoms. The molecular formula is C22H24FN3O2. The summed E-state index contributed by atoms with van der Waals surface area (Å²) in [6.07, 6.45) is 9.24. The van der Waals surface area contributed by atoms with E-state index in [0.29, 0.717) is 17.7 Å². The molecule has 0 atom stereocenters. The van der Waals surface area contributed by atoms with Crippen LogP contribution >= 0.6 is 0 Å². The van der Waals surface area contributed by atoms with Gasteiger partial charge in [0.05, 0.1) is 0 Å². The van der Waals surface area contributed by atoms with Crippen molar-refractivity contribution in [3.05, 3.63) is 76.9 Å². The van der Waals surface area contributed by atoms with Crippen molar-refractivity contribution in [2.45, 2.75) is 38.6 Å². The van der Waals surface area contributed by atoms with Gasteiger partial charge in [-0.1, -0.05) is 29.8 Å². The molecule has 1 aromatic heterocycles. The number of hydrogen-bond acceptors (Lipinski definition) is 3. The van der Waals surface area contributed by atoms with Gasteiger partial charge in [-0.25, -0.2) is 4.39 Å². The van der Waals surface area contributed by atoms with Crippen molar-refractivity contribution in [1.82, 2.24) is 15.6 Å². The average molecular weight is 381 g/mol. The fourth-order valence-corrected chi connectivity index (χ4v) is 3.17. The van der Waals surface area contributed by atoms with Crippen molar-refractivity contribution in [1.29, 1.82) is 0 Å². The Bertz CT molecular complexity index is 880. The molecule has 0 radical (unpaired) electrons. The zero-order valence-corrected chi connectivity index (χ0v) is 15.7.